The maximum atomic E-state index is 13.5. The minimum Gasteiger partial charge on any atom is -0.336 e. The molecule has 3 heterocycles. The quantitative estimate of drug-likeness (QED) is 0.765. The van der Waals surface area contributed by atoms with Gasteiger partial charge in [0.25, 0.3) is 0 Å². The van der Waals surface area contributed by atoms with Gasteiger partial charge in [0.05, 0.1) is 24.5 Å². The minimum absolute atomic E-state index is 0.0432. The van der Waals surface area contributed by atoms with Gasteiger partial charge in [-0.25, -0.2) is 0 Å². The van der Waals surface area contributed by atoms with Crippen LogP contribution in [-0.2, 0) is 30.5 Å². The van der Waals surface area contributed by atoms with E-state index in [9.17, 15) is 18.0 Å². The molecule has 8 heteroatoms. The number of carbonyl (C=O) groups is 1. The molecule has 2 aliphatic rings. The summed E-state index contributed by atoms with van der Waals surface area (Å²) in [6.07, 6.45) is 3.47. The lowest BCUT2D eigenvalue weighted by Gasteiger charge is -2.30. The highest BCUT2D eigenvalue weighted by atomic mass is 19.4. The Bertz CT molecular complexity index is 857. The molecule has 0 bridgehead atoms. The number of alkyl halides is 3. The molecular weight excluding hydrogens is 381 g/mol. The summed E-state index contributed by atoms with van der Waals surface area (Å²) in [6.45, 7) is 0.650. The van der Waals surface area contributed by atoms with Gasteiger partial charge in [0, 0.05) is 24.7 Å². The third-order valence-electron chi connectivity index (χ3n) is 5.99. The number of fused-ring (bicyclic) bond motifs is 1. The third kappa shape index (κ3) is 4.46. The maximum absolute atomic E-state index is 13.5. The van der Waals surface area contributed by atoms with E-state index < -0.39 is 11.9 Å². The molecule has 1 fully saturated rings. The highest BCUT2D eigenvalue weighted by Gasteiger charge is 2.41. The average Bonchev–Trinajstić information content (AvgIpc) is 3.08. The van der Waals surface area contributed by atoms with Gasteiger partial charge in [-0.3, -0.25) is 14.5 Å². The van der Waals surface area contributed by atoms with Crippen molar-refractivity contribution in [3.63, 3.8) is 0 Å². The smallest absolute Gasteiger partial charge is 0.336 e. The average molecular weight is 406 g/mol. The number of halogens is 3. The molecule has 5 nitrogen and oxygen atoms in total. The number of carbonyl (C=O) groups excluding carboxylic acids is 1. The fourth-order valence-corrected chi connectivity index (χ4v) is 4.46. The van der Waals surface area contributed by atoms with E-state index in [1.54, 1.807) is 29.3 Å². The van der Waals surface area contributed by atoms with Crippen molar-refractivity contribution < 1.29 is 18.0 Å². The van der Waals surface area contributed by atoms with Crippen LogP contribution in [0.4, 0.5) is 13.2 Å². The van der Waals surface area contributed by atoms with Crippen LogP contribution >= 0.6 is 0 Å². The first kappa shape index (κ1) is 19.9. The van der Waals surface area contributed by atoms with E-state index in [0.717, 1.165) is 25.7 Å². The van der Waals surface area contributed by atoms with Gasteiger partial charge < -0.3 is 4.90 Å². The predicted octanol–water partition coefficient (Wildman–Crippen LogP) is 4.20. The fourth-order valence-electron chi connectivity index (χ4n) is 4.46. The summed E-state index contributed by atoms with van der Waals surface area (Å²) < 4.78 is 41.9. The summed E-state index contributed by atoms with van der Waals surface area (Å²) in [6, 6.07) is 5.31. The van der Waals surface area contributed by atoms with Crippen LogP contribution in [0.3, 0.4) is 0 Å². The lowest BCUT2D eigenvalue weighted by Crippen LogP contribution is -2.38. The van der Waals surface area contributed by atoms with Crippen molar-refractivity contribution in [2.45, 2.75) is 64.2 Å². The number of nitrogens with zero attached hydrogens (tertiary/aromatic N) is 4. The van der Waals surface area contributed by atoms with E-state index in [4.69, 9.17) is 0 Å². The molecule has 0 unspecified atom stereocenters. The monoisotopic (exact) mass is 406 g/mol. The van der Waals surface area contributed by atoms with Gasteiger partial charge in [-0.15, -0.1) is 0 Å². The largest absolute Gasteiger partial charge is 0.435 e. The van der Waals surface area contributed by atoms with Crippen LogP contribution in [0.2, 0.25) is 0 Å². The van der Waals surface area contributed by atoms with Crippen molar-refractivity contribution in [1.29, 1.82) is 0 Å². The molecule has 1 amide bonds. The van der Waals surface area contributed by atoms with E-state index in [1.807, 2.05) is 0 Å². The molecule has 1 aliphatic heterocycles. The van der Waals surface area contributed by atoms with Gasteiger partial charge in [0.15, 0.2) is 5.69 Å². The molecule has 2 aromatic heterocycles. The Kier molecular flexibility index (Phi) is 5.61. The first-order valence-corrected chi connectivity index (χ1v) is 10.3. The number of aromatic nitrogens is 3. The van der Waals surface area contributed by atoms with Gasteiger partial charge in [-0.1, -0.05) is 25.3 Å². The molecule has 1 aliphatic carbocycles. The number of amides is 1. The molecule has 1 saturated carbocycles. The highest BCUT2D eigenvalue weighted by Crippen LogP contribution is 2.36. The van der Waals surface area contributed by atoms with Gasteiger partial charge in [0.1, 0.15) is 0 Å². The minimum atomic E-state index is -4.51. The second-order valence-electron chi connectivity index (χ2n) is 8.02. The first-order chi connectivity index (χ1) is 13.9. The van der Waals surface area contributed by atoms with Crippen molar-refractivity contribution in [3.8, 4) is 0 Å². The van der Waals surface area contributed by atoms with E-state index in [0.29, 0.717) is 30.3 Å². The summed E-state index contributed by atoms with van der Waals surface area (Å²) in [5, 5.41) is 3.88. The third-order valence-corrected chi connectivity index (χ3v) is 5.99. The zero-order valence-corrected chi connectivity index (χ0v) is 16.3. The maximum Gasteiger partial charge on any atom is 0.435 e. The second kappa shape index (κ2) is 8.16. The van der Waals surface area contributed by atoms with Gasteiger partial charge in [0.2, 0.25) is 5.91 Å². The van der Waals surface area contributed by atoms with E-state index in [2.05, 4.69) is 10.1 Å². The number of hydrogen-bond donors (Lipinski definition) is 0. The lowest BCUT2D eigenvalue weighted by atomic mass is 9.86. The Morgan fingerprint density at radius 2 is 1.97 bits per heavy atom. The molecule has 0 aromatic carbocycles. The number of rotatable bonds is 4. The Morgan fingerprint density at radius 1 is 1.17 bits per heavy atom. The summed E-state index contributed by atoms with van der Waals surface area (Å²) in [7, 11) is 0. The molecule has 0 radical (unpaired) electrons. The standard InChI is InChI=1S/C21H25F3N4O/c22-21(23,24)20-17-9-11-27(19(29)12-15-6-2-1-3-7-15)14-18(17)28(26-20)13-16-8-4-5-10-25-16/h4-5,8,10,15H,1-3,6-7,9,11-14H2. The Morgan fingerprint density at radius 3 is 2.66 bits per heavy atom. The summed E-state index contributed by atoms with van der Waals surface area (Å²) in [4.78, 5) is 18.7. The Labute approximate surface area is 167 Å². The molecule has 2 aromatic rings. The van der Waals surface area contributed by atoms with E-state index in [-0.39, 0.29) is 31.0 Å². The van der Waals surface area contributed by atoms with Crippen molar-refractivity contribution in [2.75, 3.05) is 6.54 Å². The first-order valence-electron chi connectivity index (χ1n) is 10.3. The Balaban J connectivity index is 1.56. The predicted molar refractivity (Wildman–Crippen MR) is 101 cm³/mol. The second-order valence-corrected chi connectivity index (χ2v) is 8.02. The van der Waals surface area contributed by atoms with Crippen molar-refractivity contribution in [3.05, 3.63) is 47.0 Å². The molecule has 0 spiro atoms. The highest BCUT2D eigenvalue weighted by molar-refractivity contribution is 5.76. The van der Waals surface area contributed by atoms with Crippen LogP contribution in [0.25, 0.3) is 0 Å². The number of hydrogen-bond acceptors (Lipinski definition) is 3. The van der Waals surface area contributed by atoms with E-state index >= 15 is 0 Å². The lowest BCUT2D eigenvalue weighted by molar-refractivity contribution is -0.142. The summed E-state index contributed by atoms with van der Waals surface area (Å²) in [5.74, 6) is 0.448. The molecule has 0 N–H and O–H groups in total. The topological polar surface area (TPSA) is 51.0 Å². The van der Waals surface area contributed by atoms with Crippen LogP contribution in [0.15, 0.2) is 24.4 Å². The molecule has 29 heavy (non-hydrogen) atoms. The van der Waals surface area contributed by atoms with E-state index in [1.165, 1.54) is 11.1 Å². The van der Waals surface area contributed by atoms with Gasteiger partial charge >= 0.3 is 6.18 Å². The van der Waals surface area contributed by atoms with Crippen LogP contribution in [0.1, 0.15) is 61.2 Å². The fraction of sp³-hybridized carbons (Fsp3) is 0.571. The van der Waals surface area contributed by atoms with Gasteiger partial charge in [-0.05, 0) is 37.3 Å². The normalized spacial score (nSPS) is 18.0. The zero-order valence-electron chi connectivity index (χ0n) is 16.3. The molecule has 4 rings (SSSR count). The molecular formula is C21H25F3N4O. The van der Waals surface area contributed by atoms with Crippen LogP contribution in [0, 0.1) is 5.92 Å². The Hall–Kier alpha value is -2.38. The molecule has 0 saturated heterocycles. The molecule has 156 valence electrons. The van der Waals surface area contributed by atoms with Crippen molar-refractivity contribution >= 4 is 5.91 Å². The summed E-state index contributed by atoms with van der Waals surface area (Å²) in [5.41, 5.74) is 0.501. The molecule has 0 atom stereocenters. The SMILES string of the molecule is O=C(CC1CCCCC1)N1CCc2c(C(F)(F)F)nn(Cc3ccccn3)c2C1. The summed E-state index contributed by atoms with van der Waals surface area (Å²) >= 11 is 0. The van der Waals surface area contributed by atoms with Crippen molar-refractivity contribution in [2.24, 2.45) is 5.92 Å². The van der Waals surface area contributed by atoms with Crippen LogP contribution < -0.4 is 0 Å². The van der Waals surface area contributed by atoms with Crippen molar-refractivity contribution in [1.82, 2.24) is 19.7 Å². The van der Waals surface area contributed by atoms with Crippen LogP contribution in [-0.4, -0.2) is 32.1 Å². The number of pyridine rings is 1. The van der Waals surface area contributed by atoms with Crippen LogP contribution in [0.5, 0.6) is 0 Å². The van der Waals surface area contributed by atoms with Gasteiger partial charge in [-0.2, -0.15) is 18.3 Å². The zero-order chi connectivity index (χ0) is 20.4.